The van der Waals surface area contributed by atoms with Gasteiger partial charge in [0.1, 0.15) is 11.8 Å². The molecule has 0 unspecified atom stereocenters. The van der Waals surface area contributed by atoms with Crippen molar-refractivity contribution in [2.24, 2.45) is 0 Å². The fraction of sp³-hybridized carbons (Fsp3) is 0. The largest absolute Gasteiger partial charge is 0.319 e. The first-order valence-corrected chi connectivity index (χ1v) is 6.40. The number of benzene rings is 1. The number of aromatic nitrogens is 1. The lowest BCUT2D eigenvalue weighted by molar-refractivity contribution is 0.102. The number of nitrogens with zero attached hydrogens (tertiary/aromatic N) is 2. The molecule has 1 heterocycles. The average Bonchev–Trinajstić information content (AvgIpc) is 2.41. The van der Waals surface area contributed by atoms with E-state index in [-0.39, 0.29) is 5.69 Å². The number of carbonyl (C=O) groups is 1. The van der Waals surface area contributed by atoms with Gasteiger partial charge in [0.25, 0.3) is 5.91 Å². The van der Waals surface area contributed by atoms with E-state index in [9.17, 15) is 4.79 Å². The highest BCUT2D eigenvalue weighted by molar-refractivity contribution is 9.10. The minimum Gasteiger partial charge on any atom is -0.319 e. The third-order valence-electron chi connectivity index (χ3n) is 2.31. The van der Waals surface area contributed by atoms with E-state index in [2.05, 4.69) is 26.2 Å². The molecule has 0 radical (unpaired) electrons. The summed E-state index contributed by atoms with van der Waals surface area (Å²) in [6.07, 6.45) is 1.39. The number of anilines is 1. The Morgan fingerprint density at radius 3 is 2.79 bits per heavy atom. The molecular weight excluding hydrogens is 330 g/mol. The first kappa shape index (κ1) is 13.5. The molecule has 4 nitrogen and oxygen atoms in total. The summed E-state index contributed by atoms with van der Waals surface area (Å²) >= 11 is 8.96. The number of pyridine rings is 1. The van der Waals surface area contributed by atoms with Crippen molar-refractivity contribution in [1.29, 1.82) is 5.26 Å². The number of nitrogens with one attached hydrogen (secondary N) is 1. The predicted molar refractivity (Wildman–Crippen MR) is 76.1 cm³/mol. The third kappa shape index (κ3) is 3.31. The average molecular weight is 337 g/mol. The van der Waals surface area contributed by atoms with Crippen molar-refractivity contribution in [3.05, 3.63) is 57.3 Å². The summed E-state index contributed by atoms with van der Waals surface area (Å²) in [7, 11) is 0. The highest BCUT2D eigenvalue weighted by atomic mass is 79.9. The van der Waals surface area contributed by atoms with Gasteiger partial charge >= 0.3 is 0 Å². The lowest BCUT2D eigenvalue weighted by Gasteiger charge is -2.06. The molecule has 0 saturated heterocycles. The normalized spacial score (nSPS) is 9.74. The Labute approximate surface area is 123 Å². The standard InChI is InChI=1S/C13H7BrClN3O/c14-9-1-3-11(8(5-9)6-16)18-13(19)12-4-2-10(15)7-17-12/h1-5,7H,(H,18,19). The lowest BCUT2D eigenvalue weighted by atomic mass is 10.2. The van der Waals surface area contributed by atoms with Gasteiger partial charge in [-0.05, 0) is 30.3 Å². The van der Waals surface area contributed by atoms with E-state index in [4.69, 9.17) is 16.9 Å². The van der Waals surface area contributed by atoms with Crippen LogP contribution < -0.4 is 5.32 Å². The number of nitriles is 1. The molecule has 0 atom stereocenters. The second kappa shape index (κ2) is 5.83. The third-order valence-corrected chi connectivity index (χ3v) is 3.03. The predicted octanol–water partition coefficient (Wildman–Crippen LogP) is 3.62. The summed E-state index contributed by atoms with van der Waals surface area (Å²) in [6, 6.07) is 10.1. The molecule has 0 aliphatic carbocycles. The van der Waals surface area contributed by atoms with Crippen molar-refractivity contribution < 1.29 is 4.79 Å². The van der Waals surface area contributed by atoms with Crippen molar-refractivity contribution in [3.63, 3.8) is 0 Å². The van der Waals surface area contributed by atoms with Gasteiger partial charge in [0.2, 0.25) is 0 Å². The molecule has 1 N–H and O–H groups in total. The number of halogens is 2. The highest BCUT2D eigenvalue weighted by Crippen LogP contribution is 2.20. The molecule has 0 saturated carbocycles. The van der Waals surface area contributed by atoms with Gasteiger partial charge in [0.15, 0.2) is 0 Å². The van der Waals surface area contributed by atoms with Gasteiger partial charge in [0, 0.05) is 10.7 Å². The molecule has 1 aromatic carbocycles. The summed E-state index contributed by atoms with van der Waals surface area (Å²) < 4.78 is 0.770. The number of hydrogen-bond donors (Lipinski definition) is 1. The van der Waals surface area contributed by atoms with E-state index in [0.29, 0.717) is 16.3 Å². The zero-order chi connectivity index (χ0) is 13.8. The fourth-order valence-corrected chi connectivity index (χ4v) is 1.89. The van der Waals surface area contributed by atoms with E-state index < -0.39 is 5.91 Å². The van der Waals surface area contributed by atoms with Crippen LogP contribution in [0, 0.1) is 11.3 Å². The summed E-state index contributed by atoms with van der Waals surface area (Å²) in [5.74, 6) is -0.393. The summed E-state index contributed by atoms with van der Waals surface area (Å²) in [5.41, 5.74) is 1.04. The monoisotopic (exact) mass is 335 g/mol. The van der Waals surface area contributed by atoms with E-state index >= 15 is 0 Å². The van der Waals surface area contributed by atoms with Crippen LogP contribution in [0.3, 0.4) is 0 Å². The van der Waals surface area contributed by atoms with E-state index in [1.807, 2.05) is 6.07 Å². The van der Waals surface area contributed by atoms with E-state index in [0.717, 1.165) is 4.47 Å². The Morgan fingerprint density at radius 1 is 1.37 bits per heavy atom. The molecule has 94 valence electrons. The Hall–Kier alpha value is -1.90. The maximum atomic E-state index is 11.9. The van der Waals surface area contributed by atoms with Crippen LogP contribution in [0.15, 0.2) is 41.0 Å². The zero-order valence-electron chi connectivity index (χ0n) is 9.52. The van der Waals surface area contributed by atoms with Gasteiger partial charge in [-0.3, -0.25) is 4.79 Å². The highest BCUT2D eigenvalue weighted by Gasteiger charge is 2.10. The second-order valence-corrected chi connectivity index (χ2v) is 4.97. The smallest absolute Gasteiger partial charge is 0.274 e. The molecule has 1 aromatic heterocycles. The van der Waals surface area contributed by atoms with Crippen LogP contribution in [0.25, 0.3) is 0 Å². The number of carbonyl (C=O) groups excluding carboxylic acids is 1. The maximum Gasteiger partial charge on any atom is 0.274 e. The van der Waals surface area contributed by atoms with Crippen molar-refractivity contribution in [2.45, 2.75) is 0 Å². The van der Waals surface area contributed by atoms with Crippen LogP contribution in [-0.4, -0.2) is 10.9 Å². The fourth-order valence-electron chi connectivity index (χ4n) is 1.41. The van der Waals surface area contributed by atoms with E-state index in [1.54, 1.807) is 24.3 Å². The Kier molecular flexibility index (Phi) is 4.15. The van der Waals surface area contributed by atoms with Gasteiger partial charge in [0.05, 0.1) is 16.3 Å². The molecule has 6 heteroatoms. The quantitative estimate of drug-likeness (QED) is 0.911. The van der Waals surface area contributed by atoms with Crippen LogP contribution in [0.2, 0.25) is 5.02 Å². The number of amides is 1. The van der Waals surface area contributed by atoms with Crippen LogP contribution in [0.4, 0.5) is 5.69 Å². The summed E-state index contributed by atoms with van der Waals surface area (Å²) in [5, 5.41) is 12.1. The summed E-state index contributed by atoms with van der Waals surface area (Å²) in [6.45, 7) is 0. The maximum absolute atomic E-state index is 11.9. The Balaban J connectivity index is 2.24. The zero-order valence-corrected chi connectivity index (χ0v) is 11.9. The van der Waals surface area contributed by atoms with Crippen LogP contribution in [0.5, 0.6) is 0 Å². The Bertz CT molecular complexity index is 665. The molecule has 0 fully saturated rings. The summed E-state index contributed by atoms with van der Waals surface area (Å²) in [4.78, 5) is 15.9. The molecule has 1 amide bonds. The van der Waals surface area contributed by atoms with Crippen LogP contribution in [-0.2, 0) is 0 Å². The topological polar surface area (TPSA) is 65.8 Å². The van der Waals surface area contributed by atoms with Crippen molar-refractivity contribution in [1.82, 2.24) is 4.98 Å². The molecule has 2 aromatic rings. The molecule has 0 bridgehead atoms. The minimum atomic E-state index is -0.393. The first-order valence-electron chi connectivity index (χ1n) is 5.22. The minimum absolute atomic E-state index is 0.233. The Morgan fingerprint density at radius 2 is 2.16 bits per heavy atom. The molecule has 19 heavy (non-hydrogen) atoms. The second-order valence-electron chi connectivity index (χ2n) is 3.62. The van der Waals surface area contributed by atoms with Gasteiger partial charge < -0.3 is 5.32 Å². The lowest BCUT2D eigenvalue weighted by Crippen LogP contribution is -2.14. The van der Waals surface area contributed by atoms with Crippen LogP contribution in [0.1, 0.15) is 16.1 Å². The molecular formula is C13H7BrClN3O. The van der Waals surface area contributed by atoms with Gasteiger partial charge in [-0.1, -0.05) is 27.5 Å². The molecule has 0 spiro atoms. The van der Waals surface area contributed by atoms with Gasteiger partial charge in [-0.15, -0.1) is 0 Å². The SMILES string of the molecule is N#Cc1cc(Br)ccc1NC(=O)c1ccc(Cl)cn1. The van der Waals surface area contributed by atoms with Gasteiger partial charge in [-0.25, -0.2) is 4.98 Å². The molecule has 2 rings (SSSR count). The van der Waals surface area contributed by atoms with Crippen molar-refractivity contribution in [2.75, 3.05) is 5.32 Å². The van der Waals surface area contributed by atoms with Crippen molar-refractivity contribution >= 4 is 39.1 Å². The number of rotatable bonds is 2. The van der Waals surface area contributed by atoms with Crippen molar-refractivity contribution in [3.8, 4) is 6.07 Å². The molecule has 0 aliphatic heterocycles. The van der Waals surface area contributed by atoms with E-state index in [1.165, 1.54) is 12.3 Å². The van der Waals surface area contributed by atoms with Crippen LogP contribution >= 0.6 is 27.5 Å². The molecule has 0 aliphatic rings. The first-order chi connectivity index (χ1) is 9.10. The van der Waals surface area contributed by atoms with Gasteiger partial charge in [-0.2, -0.15) is 5.26 Å². The number of hydrogen-bond acceptors (Lipinski definition) is 3.